The van der Waals surface area contributed by atoms with E-state index in [9.17, 15) is 4.79 Å². The van der Waals surface area contributed by atoms with Crippen LogP contribution in [0.4, 0.5) is 0 Å². The first kappa shape index (κ1) is 6.95. The number of aliphatic carboxylic acids is 1. The average Bonchev–Trinajstić information content (AvgIpc) is 1.65. The molecule has 0 aliphatic carbocycles. The lowest BCUT2D eigenvalue weighted by molar-refractivity contribution is -0.136. The second-order valence-electron chi connectivity index (χ2n) is 1.21. The van der Waals surface area contributed by atoms with E-state index in [0.29, 0.717) is 6.42 Å². The molecule has 0 saturated heterocycles. The van der Waals surface area contributed by atoms with Crippen LogP contribution in [0.1, 0.15) is 13.3 Å². The third kappa shape index (κ3) is 2.62. The van der Waals surface area contributed by atoms with Gasteiger partial charge in [0.1, 0.15) is 4.83 Å². The Morgan fingerprint density at radius 2 is 2.43 bits per heavy atom. The summed E-state index contributed by atoms with van der Waals surface area (Å²) in [7, 11) is 0. The quantitative estimate of drug-likeness (QED) is 0.628. The average molecular weight is 167 g/mol. The molecule has 0 aliphatic rings. The number of halogens is 1. The standard InChI is InChI=1S/C4H7BrO2/c1-2-3(5)4(6)7/h3H,2H2,1H3,(H,6,7)/t3-/m1/s1. The van der Waals surface area contributed by atoms with Crippen molar-refractivity contribution in [3.05, 3.63) is 0 Å². The number of alkyl halides is 1. The van der Waals surface area contributed by atoms with E-state index in [1.807, 2.05) is 6.92 Å². The third-order valence-corrected chi connectivity index (χ3v) is 1.67. The Kier molecular flexibility index (Phi) is 3.00. The number of rotatable bonds is 2. The lowest BCUT2D eigenvalue weighted by atomic mass is 10.3. The third-order valence-electron chi connectivity index (χ3n) is 0.626. The molecule has 0 heterocycles. The molecule has 7 heavy (non-hydrogen) atoms. The van der Waals surface area contributed by atoms with Crippen molar-refractivity contribution in [3.63, 3.8) is 0 Å². The number of carboxylic acid groups (broad SMARTS) is 1. The fourth-order valence-electron chi connectivity index (χ4n) is 0.175. The summed E-state index contributed by atoms with van der Waals surface area (Å²) in [6, 6.07) is 0. The highest BCUT2D eigenvalue weighted by Crippen LogP contribution is 2.02. The number of carboxylic acids is 1. The molecule has 0 rings (SSSR count). The second-order valence-corrected chi connectivity index (χ2v) is 2.32. The summed E-state index contributed by atoms with van der Waals surface area (Å²) in [5, 5.41) is 8.14. The predicted octanol–water partition coefficient (Wildman–Crippen LogP) is 1.24. The molecule has 0 aromatic rings. The van der Waals surface area contributed by atoms with Crippen LogP contribution in [0.2, 0.25) is 0 Å². The van der Waals surface area contributed by atoms with Crippen molar-refractivity contribution in [3.8, 4) is 0 Å². The van der Waals surface area contributed by atoms with Gasteiger partial charge in [0.15, 0.2) is 0 Å². The molecule has 2 nitrogen and oxygen atoms in total. The van der Waals surface area contributed by atoms with Gasteiger partial charge in [-0.25, -0.2) is 0 Å². The summed E-state index contributed by atoms with van der Waals surface area (Å²) >= 11 is 2.94. The second kappa shape index (κ2) is 3.02. The van der Waals surface area contributed by atoms with Gasteiger partial charge in [-0.2, -0.15) is 0 Å². The molecule has 1 atom stereocenters. The van der Waals surface area contributed by atoms with Crippen LogP contribution >= 0.6 is 15.9 Å². The summed E-state index contributed by atoms with van der Waals surface area (Å²) in [4.78, 5) is 9.52. The molecule has 3 heteroatoms. The topological polar surface area (TPSA) is 37.3 Å². The fraction of sp³-hybridized carbons (Fsp3) is 0.750. The van der Waals surface area contributed by atoms with Gasteiger partial charge in [-0.3, -0.25) is 4.79 Å². The molecular formula is C4H7BrO2. The van der Waals surface area contributed by atoms with Crippen LogP contribution in [0.25, 0.3) is 0 Å². The van der Waals surface area contributed by atoms with Gasteiger partial charge in [-0.05, 0) is 6.42 Å². The van der Waals surface area contributed by atoms with Crippen molar-refractivity contribution in [2.24, 2.45) is 0 Å². The Balaban J connectivity index is 3.34. The van der Waals surface area contributed by atoms with Crippen molar-refractivity contribution in [2.75, 3.05) is 0 Å². The van der Waals surface area contributed by atoms with Crippen LogP contribution in [0.15, 0.2) is 0 Å². The number of hydrogen-bond donors (Lipinski definition) is 1. The van der Waals surface area contributed by atoms with Crippen molar-refractivity contribution >= 4 is 21.9 Å². The van der Waals surface area contributed by atoms with Crippen LogP contribution in [0.3, 0.4) is 0 Å². The molecule has 1 N–H and O–H groups in total. The molecule has 42 valence electrons. The molecular weight excluding hydrogens is 160 g/mol. The van der Waals surface area contributed by atoms with E-state index in [4.69, 9.17) is 5.11 Å². The van der Waals surface area contributed by atoms with Gasteiger partial charge in [-0.15, -0.1) is 0 Å². The Morgan fingerprint density at radius 1 is 2.00 bits per heavy atom. The maximum Gasteiger partial charge on any atom is 0.317 e. The van der Waals surface area contributed by atoms with E-state index in [2.05, 4.69) is 15.9 Å². The van der Waals surface area contributed by atoms with Crippen LogP contribution in [-0.4, -0.2) is 15.9 Å². The minimum atomic E-state index is -0.789. The zero-order valence-corrected chi connectivity index (χ0v) is 5.60. The number of carbonyl (C=O) groups is 1. The summed E-state index contributed by atoms with van der Waals surface area (Å²) in [5.74, 6) is -0.789. The summed E-state index contributed by atoms with van der Waals surface area (Å²) < 4.78 is 0. The van der Waals surface area contributed by atoms with E-state index in [1.165, 1.54) is 0 Å². The first-order chi connectivity index (χ1) is 3.18. The van der Waals surface area contributed by atoms with Gasteiger partial charge in [-0.1, -0.05) is 22.9 Å². The SMILES string of the molecule is CC[C@@H](Br)C(=O)O. The Morgan fingerprint density at radius 3 is 2.43 bits per heavy atom. The van der Waals surface area contributed by atoms with E-state index < -0.39 is 5.97 Å². The van der Waals surface area contributed by atoms with Gasteiger partial charge in [0.05, 0.1) is 0 Å². The smallest absolute Gasteiger partial charge is 0.317 e. The minimum Gasteiger partial charge on any atom is -0.480 e. The predicted molar refractivity (Wildman–Crippen MR) is 30.6 cm³/mol. The lowest BCUT2D eigenvalue weighted by Crippen LogP contribution is -2.09. The molecule has 0 spiro atoms. The molecule has 0 radical (unpaired) electrons. The Hall–Kier alpha value is -0.0500. The zero-order chi connectivity index (χ0) is 5.86. The summed E-state index contributed by atoms with van der Waals surface area (Å²) in [5.41, 5.74) is 0. The zero-order valence-electron chi connectivity index (χ0n) is 4.02. The van der Waals surface area contributed by atoms with Crippen LogP contribution in [0.5, 0.6) is 0 Å². The van der Waals surface area contributed by atoms with E-state index in [1.54, 1.807) is 0 Å². The summed E-state index contributed by atoms with van der Waals surface area (Å²) in [6.45, 7) is 1.81. The first-order valence-electron chi connectivity index (χ1n) is 2.05. The van der Waals surface area contributed by atoms with Crippen LogP contribution in [0, 0.1) is 0 Å². The van der Waals surface area contributed by atoms with Gasteiger partial charge in [0.2, 0.25) is 0 Å². The highest BCUT2D eigenvalue weighted by Gasteiger charge is 2.07. The highest BCUT2D eigenvalue weighted by atomic mass is 79.9. The largest absolute Gasteiger partial charge is 0.480 e. The number of hydrogen-bond acceptors (Lipinski definition) is 1. The van der Waals surface area contributed by atoms with Crippen molar-refractivity contribution < 1.29 is 9.90 Å². The van der Waals surface area contributed by atoms with E-state index in [-0.39, 0.29) is 4.83 Å². The molecule has 0 amide bonds. The lowest BCUT2D eigenvalue weighted by Gasteiger charge is -1.94. The molecule has 0 aromatic heterocycles. The Labute approximate surface area is 50.7 Å². The summed E-state index contributed by atoms with van der Waals surface area (Å²) in [6.07, 6.45) is 0.634. The molecule has 0 bridgehead atoms. The maximum atomic E-state index is 9.88. The maximum absolute atomic E-state index is 9.88. The van der Waals surface area contributed by atoms with Crippen LogP contribution < -0.4 is 0 Å². The molecule has 0 unspecified atom stereocenters. The Bertz CT molecular complexity index is 72.1. The van der Waals surface area contributed by atoms with Gasteiger partial charge in [0, 0.05) is 0 Å². The van der Waals surface area contributed by atoms with Crippen molar-refractivity contribution in [1.82, 2.24) is 0 Å². The van der Waals surface area contributed by atoms with E-state index >= 15 is 0 Å². The normalized spacial score (nSPS) is 13.4. The van der Waals surface area contributed by atoms with Crippen molar-refractivity contribution in [2.45, 2.75) is 18.2 Å². The molecule has 0 fully saturated rings. The monoisotopic (exact) mass is 166 g/mol. The molecule has 0 aliphatic heterocycles. The minimum absolute atomic E-state index is 0.368. The van der Waals surface area contributed by atoms with Crippen LogP contribution in [-0.2, 0) is 4.79 Å². The van der Waals surface area contributed by atoms with Gasteiger partial charge in [0.25, 0.3) is 0 Å². The molecule has 0 aromatic carbocycles. The fourth-order valence-corrected chi connectivity index (χ4v) is 0.175. The first-order valence-corrected chi connectivity index (χ1v) is 2.97. The molecule has 0 saturated carbocycles. The van der Waals surface area contributed by atoms with Gasteiger partial charge >= 0.3 is 5.97 Å². The van der Waals surface area contributed by atoms with E-state index in [0.717, 1.165) is 0 Å². The van der Waals surface area contributed by atoms with Gasteiger partial charge < -0.3 is 5.11 Å². The van der Waals surface area contributed by atoms with Crippen molar-refractivity contribution in [1.29, 1.82) is 0 Å². The highest BCUT2D eigenvalue weighted by molar-refractivity contribution is 9.10.